The molecule has 13 nitrogen and oxygen atoms in total. The molecule has 6 unspecified atom stereocenters. The third kappa shape index (κ3) is 6.36. The number of aryl methyl sites for hydroxylation is 1. The number of aliphatic hydroxyl groups is 5. The van der Waals surface area contributed by atoms with Gasteiger partial charge >= 0.3 is 0 Å². The maximum Gasteiger partial charge on any atom is 0.222 e. The Bertz CT molecular complexity index is 1810. The van der Waals surface area contributed by atoms with E-state index in [-0.39, 0.29) is 24.0 Å². The van der Waals surface area contributed by atoms with Crippen molar-refractivity contribution in [3.8, 4) is 11.5 Å². The Hall–Kier alpha value is -3.92. The van der Waals surface area contributed by atoms with Gasteiger partial charge in [0.25, 0.3) is 0 Å². The third-order valence-electron chi connectivity index (χ3n) is 8.94. The number of aliphatic hydroxyl groups excluding tert-OH is 4. The monoisotopic (exact) mass is 651 g/mol. The van der Waals surface area contributed by atoms with E-state index in [0.29, 0.717) is 45.8 Å². The van der Waals surface area contributed by atoms with E-state index >= 15 is 0 Å². The Kier molecular flexibility index (Phi) is 8.84. The van der Waals surface area contributed by atoms with Gasteiger partial charge < -0.3 is 39.8 Å². The molecule has 3 aliphatic heterocycles. The molecule has 0 saturated carbocycles. The molecule has 3 aliphatic rings. The molecule has 0 radical (unpaired) electrons. The van der Waals surface area contributed by atoms with Crippen LogP contribution >= 0.6 is 0 Å². The Morgan fingerprint density at radius 2 is 1.91 bits per heavy atom. The van der Waals surface area contributed by atoms with Gasteiger partial charge in [-0.05, 0) is 50.6 Å². The predicted molar refractivity (Wildman–Crippen MR) is 168 cm³/mol. The van der Waals surface area contributed by atoms with E-state index in [1.165, 1.54) is 30.3 Å². The molecule has 1 aromatic heterocycles. The average molecular weight is 652 g/mol. The highest BCUT2D eigenvalue weighted by Crippen LogP contribution is 2.43. The SMILES string of the molecule is Cc1cc(=O)c2cc3c(c([NH+]4C=C5C=CN=C5C4)c2o1)OC(C)(C)C(OOCC(O)(Cc1ccc(O)cc1)C(O)C(O)C(O)CO)C3. The lowest BCUT2D eigenvalue weighted by atomic mass is 9.85. The maximum atomic E-state index is 13.2. The summed E-state index contributed by atoms with van der Waals surface area (Å²) in [4.78, 5) is 29.9. The van der Waals surface area contributed by atoms with Gasteiger partial charge in [-0.25, -0.2) is 9.78 Å². The maximum absolute atomic E-state index is 13.2. The highest BCUT2D eigenvalue weighted by molar-refractivity contribution is 6.07. The van der Waals surface area contributed by atoms with Crippen molar-refractivity contribution in [3.63, 3.8) is 0 Å². The fourth-order valence-electron chi connectivity index (χ4n) is 6.23. The average Bonchev–Trinajstić information content (AvgIpc) is 3.63. The van der Waals surface area contributed by atoms with Crippen LogP contribution in [0.25, 0.3) is 11.0 Å². The molecule has 6 atom stereocenters. The van der Waals surface area contributed by atoms with Crippen LogP contribution < -0.4 is 15.1 Å². The topological polar surface area (TPSA) is 196 Å². The number of fused-ring (bicyclic) bond motifs is 3. The van der Waals surface area contributed by atoms with E-state index in [0.717, 1.165) is 16.2 Å². The fraction of sp³-hybridized carbons (Fsp3) is 0.412. The lowest BCUT2D eigenvalue weighted by molar-refractivity contribution is -0.759. The molecule has 2 aromatic carbocycles. The van der Waals surface area contributed by atoms with Crippen molar-refractivity contribution in [2.75, 3.05) is 19.8 Å². The molecule has 13 heteroatoms. The van der Waals surface area contributed by atoms with Crippen LogP contribution in [-0.2, 0) is 22.6 Å². The van der Waals surface area contributed by atoms with Crippen LogP contribution in [0.2, 0.25) is 0 Å². The molecule has 0 aliphatic carbocycles. The van der Waals surface area contributed by atoms with Crippen LogP contribution in [0.4, 0.5) is 5.69 Å². The molecule has 0 bridgehead atoms. The van der Waals surface area contributed by atoms with Gasteiger partial charge in [0.2, 0.25) is 11.3 Å². The molecular weight excluding hydrogens is 612 g/mol. The van der Waals surface area contributed by atoms with Crippen LogP contribution in [-0.4, -0.2) is 91.7 Å². The van der Waals surface area contributed by atoms with E-state index in [1.807, 2.05) is 26.1 Å². The standard InChI is InChI=1S/C34H38N2O11/c1-18-10-25(39)23-11-21-12-27(33(2,3)46-30(21)28(31(23)45-18)36-14-20-8-9-35-24(20)15-36)47-44-17-34(43,32(42)29(41)26(40)16-37)13-19-4-6-22(38)7-5-19/h4-11,14,26-27,29,32,37-38,40-43H,12-13,15-17H2,1-3H3/p+1. The van der Waals surface area contributed by atoms with Gasteiger partial charge in [0.15, 0.2) is 11.2 Å². The minimum absolute atomic E-state index is 0.00626. The first-order valence-corrected chi connectivity index (χ1v) is 15.3. The first kappa shape index (κ1) is 33.0. The van der Waals surface area contributed by atoms with Gasteiger partial charge in [-0.15, -0.1) is 0 Å². The lowest BCUT2D eigenvalue weighted by Crippen LogP contribution is -3.01. The first-order valence-electron chi connectivity index (χ1n) is 15.3. The summed E-state index contributed by atoms with van der Waals surface area (Å²) >= 11 is 0. The van der Waals surface area contributed by atoms with Crippen molar-refractivity contribution in [2.24, 2.45) is 4.99 Å². The summed E-state index contributed by atoms with van der Waals surface area (Å²) in [7, 11) is 0. The number of quaternary nitrogens is 1. The van der Waals surface area contributed by atoms with E-state index in [2.05, 4.69) is 4.99 Å². The number of aromatic hydroxyl groups is 1. The van der Waals surface area contributed by atoms with Crippen LogP contribution in [0.15, 0.2) is 74.7 Å². The minimum Gasteiger partial charge on any atom is -0.508 e. The molecule has 0 saturated heterocycles. The van der Waals surface area contributed by atoms with E-state index in [9.17, 15) is 35.4 Å². The smallest absolute Gasteiger partial charge is 0.222 e. The molecule has 47 heavy (non-hydrogen) atoms. The Morgan fingerprint density at radius 1 is 1.17 bits per heavy atom. The van der Waals surface area contributed by atoms with Gasteiger partial charge in [0.05, 0.1) is 17.6 Å². The zero-order valence-corrected chi connectivity index (χ0v) is 26.2. The highest BCUT2D eigenvalue weighted by Gasteiger charge is 2.46. The molecule has 250 valence electrons. The number of hydrogen-bond acceptors (Lipinski definition) is 12. The number of benzene rings is 2. The van der Waals surface area contributed by atoms with Crippen LogP contribution in [0.3, 0.4) is 0 Å². The second-order valence-corrected chi connectivity index (χ2v) is 12.9. The number of aliphatic imine (C=N–C) groups is 1. The molecule has 0 spiro atoms. The minimum atomic E-state index is -2.20. The number of phenols is 1. The highest BCUT2D eigenvalue weighted by atomic mass is 17.2. The van der Waals surface area contributed by atoms with Crippen molar-refractivity contribution in [3.05, 3.63) is 87.6 Å². The van der Waals surface area contributed by atoms with Crippen LogP contribution in [0.5, 0.6) is 11.5 Å². The molecule has 0 fully saturated rings. The van der Waals surface area contributed by atoms with Gasteiger partial charge in [-0.2, -0.15) is 0 Å². The van der Waals surface area contributed by atoms with Crippen molar-refractivity contribution < 1.29 is 54.5 Å². The quantitative estimate of drug-likeness (QED) is 0.111. The molecule has 7 N–H and O–H groups in total. The van der Waals surface area contributed by atoms with Gasteiger partial charge in [0, 0.05) is 30.7 Å². The van der Waals surface area contributed by atoms with Crippen molar-refractivity contribution in [2.45, 2.75) is 69.2 Å². The largest absolute Gasteiger partial charge is 0.508 e. The van der Waals surface area contributed by atoms with E-state index in [4.69, 9.17) is 18.9 Å². The zero-order chi connectivity index (χ0) is 33.7. The molecule has 4 heterocycles. The fourth-order valence-corrected chi connectivity index (χ4v) is 6.23. The molecule has 0 amide bonds. The molecule has 3 aromatic rings. The normalized spacial score (nSPS) is 22.9. The number of nitrogens with one attached hydrogen (secondary N) is 1. The number of nitrogens with zero attached hydrogens (tertiary/aromatic N) is 1. The first-order chi connectivity index (χ1) is 22.3. The molecular formula is C34H39N2O11+. The number of phenolic OH excluding ortho intramolecular Hbond substituents is 1. The van der Waals surface area contributed by atoms with Crippen molar-refractivity contribution >= 4 is 22.4 Å². The zero-order valence-electron chi connectivity index (χ0n) is 26.2. The summed E-state index contributed by atoms with van der Waals surface area (Å²) < 4.78 is 12.7. The Labute approximate surface area is 269 Å². The summed E-state index contributed by atoms with van der Waals surface area (Å²) in [6.07, 6.45) is -0.707. The summed E-state index contributed by atoms with van der Waals surface area (Å²) in [5, 5.41) is 62.3. The second-order valence-electron chi connectivity index (χ2n) is 12.9. The van der Waals surface area contributed by atoms with E-state index < -0.39 is 48.8 Å². The van der Waals surface area contributed by atoms with Crippen molar-refractivity contribution in [1.82, 2.24) is 0 Å². The molecule has 6 rings (SSSR count). The third-order valence-corrected chi connectivity index (χ3v) is 8.94. The summed E-state index contributed by atoms with van der Waals surface area (Å²) in [6, 6.07) is 9.00. The van der Waals surface area contributed by atoms with Gasteiger partial charge in [-0.1, -0.05) is 12.1 Å². The summed E-state index contributed by atoms with van der Waals surface area (Å²) in [5.74, 6) is 1.01. The van der Waals surface area contributed by atoms with Gasteiger partial charge in [0.1, 0.15) is 72.2 Å². The summed E-state index contributed by atoms with van der Waals surface area (Å²) in [5.41, 5.74) is 0.760. The lowest BCUT2D eigenvalue weighted by Gasteiger charge is -2.40. The van der Waals surface area contributed by atoms with Crippen LogP contribution in [0.1, 0.15) is 30.7 Å². The number of rotatable bonds is 11. The Balaban J connectivity index is 1.28. The number of hydrogen-bond donors (Lipinski definition) is 7. The van der Waals surface area contributed by atoms with Gasteiger partial charge in [-0.3, -0.25) is 14.7 Å². The number of ether oxygens (including phenoxy) is 1. The van der Waals surface area contributed by atoms with Crippen LogP contribution in [0, 0.1) is 6.92 Å². The second kappa shape index (κ2) is 12.6. The number of allylic oxidation sites excluding steroid dienone is 1. The van der Waals surface area contributed by atoms with Crippen molar-refractivity contribution in [1.29, 1.82) is 0 Å². The summed E-state index contributed by atoms with van der Waals surface area (Å²) in [6.45, 7) is 4.37. The van der Waals surface area contributed by atoms with E-state index in [1.54, 1.807) is 19.2 Å². The Morgan fingerprint density at radius 3 is 2.62 bits per heavy atom. The predicted octanol–water partition coefficient (Wildman–Crippen LogP) is 0.268.